The van der Waals surface area contributed by atoms with Crippen molar-refractivity contribution in [3.63, 3.8) is 0 Å². The van der Waals surface area contributed by atoms with Crippen molar-refractivity contribution in [2.75, 3.05) is 0 Å². The molecular formula is C16H14F3NO4. The molecule has 0 radical (unpaired) electrons. The van der Waals surface area contributed by atoms with Crippen LogP contribution in [-0.4, -0.2) is 23.2 Å². The van der Waals surface area contributed by atoms with Crippen LogP contribution in [0.1, 0.15) is 15.9 Å². The van der Waals surface area contributed by atoms with Crippen LogP contribution < -0.4 is 10.5 Å². The van der Waals surface area contributed by atoms with Crippen LogP contribution in [0.4, 0.5) is 13.2 Å². The van der Waals surface area contributed by atoms with E-state index in [9.17, 15) is 18.0 Å². The first kappa shape index (κ1) is 19.2. The van der Waals surface area contributed by atoms with Crippen LogP contribution in [0.2, 0.25) is 0 Å². The molecule has 0 fully saturated rings. The summed E-state index contributed by atoms with van der Waals surface area (Å²) in [5.41, 5.74) is 6.99. The fourth-order valence-electron chi connectivity index (χ4n) is 1.43. The number of carboxylic acid groups (broad SMARTS) is 1. The minimum absolute atomic E-state index is 0.361. The Bertz CT molecular complexity index is 670. The maximum Gasteiger partial charge on any atom is 0.490 e. The summed E-state index contributed by atoms with van der Waals surface area (Å²) in [6, 6.07) is 16.1. The molecule has 0 atom stereocenters. The van der Waals surface area contributed by atoms with E-state index >= 15 is 0 Å². The summed E-state index contributed by atoms with van der Waals surface area (Å²) < 4.78 is 36.9. The molecule has 2 aromatic carbocycles. The van der Waals surface area contributed by atoms with Gasteiger partial charge < -0.3 is 15.6 Å². The molecule has 0 unspecified atom stereocenters. The van der Waals surface area contributed by atoms with Crippen LogP contribution in [0.3, 0.4) is 0 Å². The van der Waals surface area contributed by atoms with Gasteiger partial charge in [0.15, 0.2) is 0 Å². The molecule has 5 nitrogen and oxygen atoms in total. The molecule has 0 saturated carbocycles. The molecule has 2 aromatic rings. The van der Waals surface area contributed by atoms with Crippen molar-refractivity contribution in [2.45, 2.75) is 12.7 Å². The van der Waals surface area contributed by atoms with Gasteiger partial charge >= 0.3 is 18.1 Å². The van der Waals surface area contributed by atoms with Crippen molar-refractivity contribution in [1.82, 2.24) is 0 Å². The van der Waals surface area contributed by atoms with E-state index in [2.05, 4.69) is 0 Å². The van der Waals surface area contributed by atoms with Crippen LogP contribution >= 0.6 is 0 Å². The standard InChI is InChI=1S/C14H13NO2.C2HF3O2/c15-10-11-6-8-12(9-7-11)14(16)17-13-4-2-1-3-5-13;3-2(4,5)1(6)7/h1-9H,10,15H2;(H,6,7). The Balaban J connectivity index is 0.000000351. The molecule has 3 N–H and O–H groups in total. The van der Waals surface area contributed by atoms with Crippen LogP contribution in [0, 0.1) is 0 Å². The zero-order chi connectivity index (χ0) is 18.2. The summed E-state index contributed by atoms with van der Waals surface area (Å²) in [6.07, 6.45) is -5.08. The number of ether oxygens (including phenoxy) is 1. The lowest BCUT2D eigenvalue weighted by molar-refractivity contribution is -0.192. The molecule has 0 aliphatic rings. The average molecular weight is 341 g/mol. The number of hydrogen-bond donors (Lipinski definition) is 2. The Morgan fingerprint density at radius 2 is 1.50 bits per heavy atom. The molecule has 128 valence electrons. The van der Waals surface area contributed by atoms with Gasteiger partial charge in [-0.15, -0.1) is 0 Å². The highest BCUT2D eigenvalue weighted by Gasteiger charge is 2.38. The summed E-state index contributed by atoms with van der Waals surface area (Å²) in [5, 5.41) is 7.12. The highest BCUT2D eigenvalue weighted by Crippen LogP contribution is 2.13. The highest BCUT2D eigenvalue weighted by molar-refractivity contribution is 5.91. The molecule has 0 bridgehead atoms. The lowest BCUT2D eigenvalue weighted by Gasteiger charge is -2.04. The van der Waals surface area contributed by atoms with E-state index < -0.39 is 12.1 Å². The molecule has 0 amide bonds. The average Bonchev–Trinajstić information content (AvgIpc) is 2.55. The molecule has 24 heavy (non-hydrogen) atoms. The number of benzene rings is 2. The first-order valence-corrected chi connectivity index (χ1v) is 6.60. The third kappa shape index (κ3) is 6.49. The minimum Gasteiger partial charge on any atom is -0.475 e. The largest absolute Gasteiger partial charge is 0.490 e. The van der Waals surface area contributed by atoms with E-state index in [0.717, 1.165) is 5.56 Å². The number of nitrogens with two attached hydrogens (primary N) is 1. The summed E-state index contributed by atoms with van der Waals surface area (Å²) in [5.74, 6) is -2.58. The lowest BCUT2D eigenvalue weighted by Crippen LogP contribution is -2.21. The Kier molecular flexibility index (Phi) is 6.94. The zero-order valence-corrected chi connectivity index (χ0v) is 12.3. The molecule has 0 saturated heterocycles. The minimum atomic E-state index is -5.08. The Morgan fingerprint density at radius 1 is 1.00 bits per heavy atom. The second-order valence-corrected chi connectivity index (χ2v) is 4.41. The van der Waals surface area contributed by atoms with Gasteiger partial charge in [-0.3, -0.25) is 0 Å². The third-order valence-electron chi connectivity index (χ3n) is 2.62. The van der Waals surface area contributed by atoms with E-state index in [0.29, 0.717) is 17.9 Å². The van der Waals surface area contributed by atoms with Crippen molar-refractivity contribution < 1.29 is 32.6 Å². The normalized spacial score (nSPS) is 10.3. The number of aliphatic carboxylic acids is 1. The van der Waals surface area contributed by atoms with Gasteiger partial charge in [-0.05, 0) is 29.8 Å². The molecule has 0 spiro atoms. The van der Waals surface area contributed by atoms with Crippen molar-refractivity contribution >= 4 is 11.9 Å². The molecule has 0 aliphatic carbocycles. The molecular weight excluding hydrogens is 327 g/mol. The second-order valence-electron chi connectivity index (χ2n) is 4.41. The fraction of sp³-hybridized carbons (Fsp3) is 0.125. The van der Waals surface area contributed by atoms with Crippen molar-refractivity contribution in [3.8, 4) is 5.75 Å². The van der Waals surface area contributed by atoms with Crippen molar-refractivity contribution in [1.29, 1.82) is 0 Å². The number of esters is 1. The smallest absolute Gasteiger partial charge is 0.475 e. The maximum absolute atomic E-state index is 11.8. The van der Waals surface area contributed by atoms with E-state index in [1.165, 1.54) is 0 Å². The highest BCUT2D eigenvalue weighted by atomic mass is 19.4. The van der Waals surface area contributed by atoms with Crippen LogP contribution in [0.5, 0.6) is 5.75 Å². The predicted octanol–water partition coefficient (Wildman–Crippen LogP) is 3.00. The number of alkyl halides is 3. The van der Waals surface area contributed by atoms with Gasteiger partial charge in [0.05, 0.1) is 5.56 Å². The first-order valence-electron chi connectivity index (χ1n) is 6.60. The van der Waals surface area contributed by atoms with Gasteiger partial charge in [-0.1, -0.05) is 30.3 Å². The monoisotopic (exact) mass is 341 g/mol. The van der Waals surface area contributed by atoms with Crippen LogP contribution in [0.15, 0.2) is 54.6 Å². The van der Waals surface area contributed by atoms with E-state index in [-0.39, 0.29) is 5.97 Å². The molecule has 8 heteroatoms. The summed E-state index contributed by atoms with van der Waals surface area (Å²) in [6.45, 7) is 0.466. The zero-order valence-electron chi connectivity index (χ0n) is 12.3. The molecule has 0 aliphatic heterocycles. The van der Waals surface area contributed by atoms with Gasteiger partial charge in [-0.2, -0.15) is 13.2 Å². The number of carboxylic acids is 1. The van der Waals surface area contributed by atoms with Crippen LogP contribution in [0.25, 0.3) is 0 Å². The van der Waals surface area contributed by atoms with Crippen molar-refractivity contribution in [3.05, 3.63) is 65.7 Å². The summed E-state index contributed by atoms with van der Waals surface area (Å²) in [7, 11) is 0. The second kappa shape index (κ2) is 8.68. The third-order valence-corrected chi connectivity index (χ3v) is 2.62. The molecule has 0 heterocycles. The lowest BCUT2D eigenvalue weighted by atomic mass is 10.1. The topological polar surface area (TPSA) is 89.6 Å². The fourth-order valence-corrected chi connectivity index (χ4v) is 1.43. The van der Waals surface area contributed by atoms with E-state index in [4.69, 9.17) is 20.4 Å². The maximum atomic E-state index is 11.8. The van der Waals surface area contributed by atoms with Gasteiger partial charge in [0.2, 0.25) is 0 Å². The van der Waals surface area contributed by atoms with E-state index in [1.807, 2.05) is 30.3 Å². The number of rotatable bonds is 3. The quantitative estimate of drug-likeness (QED) is 0.662. The Hall–Kier alpha value is -2.87. The number of halogens is 3. The van der Waals surface area contributed by atoms with Gasteiger partial charge in [-0.25, -0.2) is 9.59 Å². The SMILES string of the molecule is NCc1ccc(C(=O)Oc2ccccc2)cc1.O=C(O)C(F)(F)F. The number of para-hydroxylation sites is 1. The van der Waals surface area contributed by atoms with Crippen molar-refractivity contribution in [2.24, 2.45) is 5.73 Å². The number of hydrogen-bond acceptors (Lipinski definition) is 4. The summed E-state index contributed by atoms with van der Waals surface area (Å²) in [4.78, 5) is 20.7. The molecule has 0 aromatic heterocycles. The number of carbonyl (C=O) groups excluding carboxylic acids is 1. The van der Waals surface area contributed by atoms with Gasteiger partial charge in [0.1, 0.15) is 5.75 Å². The van der Waals surface area contributed by atoms with Gasteiger partial charge in [0, 0.05) is 6.54 Å². The predicted molar refractivity (Wildman–Crippen MR) is 79.4 cm³/mol. The van der Waals surface area contributed by atoms with Gasteiger partial charge in [0.25, 0.3) is 0 Å². The Labute approximate surface area is 135 Å². The van der Waals surface area contributed by atoms with Crippen LogP contribution in [-0.2, 0) is 11.3 Å². The Morgan fingerprint density at radius 3 is 1.92 bits per heavy atom. The molecule has 2 rings (SSSR count). The van der Waals surface area contributed by atoms with E-state index in [1.54, 1.807) is 24.3 Å². The summed E-state index contributed by atoms with van der Waals surface area (Å²) >= 11 is 0. The number of carbonyl (C=O) groups is 2. The first-order chi connectivity index (χ1) is 11.2.